The van der Waals surface area contributed by atoms with Gasteiger partial charge in [-0.3, -0.25) is 4.99 Å². The lowest BCUT2D eigenvalue weighted by atomic mass is 9.95. The van der Waals surface area contributed by atoms with E-state index in [2.05, 4.69) is 82.8 Å². The summed E-state index contributed by atoms with van der Waals surface area (Å²) in [6.07, 6.45) is 6.77. The van der Waals surface area contributed by atoms with Gasteiger partial charge < -0.3 is 0 Å². The normalized spacial score (nSPS) is 15.1. The third-order valence-corrected chi connectivity index (χ3v) is 5.92. The molecule has 29 heavy (non-hydrogen) atoms. The van der Waals surface area contributed by atoms with Gasteiger partial charge in [0.2, 0.25) is 0 Å². The Kier molecular flexibility index (Phi) is 5.92. The van der Waals surface area contributed by atoms with Gasteiger partial charge in [0.25, 0.3) is 0 Å². The number of hydrogen-bond acceptors (Lipinski definition) is 2. The summed E-state index contributed by atoms with van der Waals surface area (Å²) in [5.74, 6) is 1.64. The number of aryl methyl sites for hydroxylation is 1. The molecule has 3 heteroatoms. The van der Waals surface area contributed by atoms with Crippen LogP contribution in [0, 0.1) is 5.92 Å². The summed E-state index contributed by atoms with van der Waals surface area (Å²) >= 11 is 0. The van der Waals surface area contributed by atoms with Crippen molar-refractivity contribution in [3.63, 3.8) is 0 Å². The Hall–Kier alpha value is -2.71. The van der Waals surface area contributed by atoms with Crippen LogP contribution in [0.1, 0.15) is 28.7 Å². The minimum absolute atomic E-state index is 0. The van der Waals surface area contributed by atoms with E-state index in [-0.39, 0.29) is 12.4 Å². The molecule has 2 aliphatic rings. The minimum Gasteiger partial charge on any atom is -0.260 e. The Morgan fingerprint density at radius 3 is 2.17 bits per heavy atom. The average Bonchev–Trinajstić information content (AvgIpc) is 3.42. The Morgan fingerprint density at radius 1 is 0.759 bits per heavy atom. The largest absolute Gasteiger partial charge is 0.260 e. The number of halogens is 1. The molecule has 0 spiro atoms. The lowest BCUT2D eigenvalue weighted by Gasteiger charge is -2.10. The molecule has 5 rings (SSSR count). The molecule has 1 aliphatic carbocycles. The van der Waals surface area contributed by atoms with E-state index >= 15 is 0 Å². The van der Waals surface area contributed by atoms with Crippen LogP contribution in [-0.2, 0) is 19.3 Å². The molecule has 0 atom stereocenters. The fourth-order valence-electron chi connectivity index (χ4n) is 4.39. The van der Waals surface area contributed by atoms with Crippen molar-refractivity contribution < 1.29 is 0 Å². The van der Waals surface area contributed by atoms with Crippen LogP contribution in [0.4, 0.5) is 0 Å². The second-order valence-corrected chi connectivity index (χ2v) is 7.84. The van der Waals surface area contributed by atoms with Crippen molar-refractivity contribution in [3.05, 3.63) is 95.1 Å². The molecule has 0 fully saturated rings. The van der Waals surface area contributed by atoms with Gasteiger partial charge in [-0.2, -0.15) is 0 Å². The summed E-state index contributed by atoms with van der Waals surface area (Å²) in [6, 6.07) is 26.5. The van der Waals surface area contributed by atoms with E-state index in [9.17, 15) is 0 Å². The number of rotatable bonds is 5. The van der Waals surface area contributed by atoms with Gasteiger partial charge in [0.1, 0.15) is 0 Å². The zero-order valence-electron chi connectivity index (χ0n) is 16.4. The quantitative estimate of drug-likeness (QED) is 0.505. The maximum atomic E-state index is 4.43. The average molecular weight is 401 g/mol. The molecule has 1 heterocycles. The van der Waals surface area contributed by atoms with Gasteiger partial charge in [-0.05, 0) is 65.5 Å². The fourth-order valence-corrected chi connectivity index (χ4v) is 4.39. The van der Waals surface area contributed by atoms with E-state index in [0.29, 0.717) is 6.54 Å². The van der Waals surface area contributed by atoms with Crippen molar-refractivity contribution in [1.29, 1.82) is 0 Å². The van der Waals surface area contributed by atoms with Crippen molar-refractivity contribution in [2.45, 2.75) is 25.7 Å². The highest BCUT2D eigenvalue weighted by atomic mass is 35.5. The molecule has 0 bridgehead atoms. The molecule has 3 aromatic carbocycles. The number of nitrogens with zero attached hydrogens (tertiary/aromatic N) is 2. The molecule has 0 unspecified atom stereocenters. The molecule has 146 valence electrons. The van der Waals surface area contributed by atoms with Crippen LogP contribution in [0.5, 0.6) is 0 Å². The lowest BCUT2D eigenvalue weighted by Crippen LogP contribution is -2.01. The standard InChI is InChI=1S/C26H24N2.ClH/c1-2-5-23-17-20(16-22(23)4-1)9-8-19-10-12-21(13-11-19)24-6-3-7-25(18-24)26-27-14-15-28-26;/h1-7,10-14,18,20H,8-9,15-17H2;1H. The minimum atomic E-state index is 0. The molecule has 0 N–H and O–H groups in total. The van der Waals surface area contributed by atoms with E-state index in [1.54, 1.807) is 11.1 Å². The first kappa shape index (κ1) is 19.6. The SMILES string of the molecule is C1=NC(c2cccc(-c3ccc(CCC4Cc5ccccc5C4)cc3)c2)=NC1.Cl. The van der Waals surface area contributed by atoms with Crippen molar-refractivity contribution in [2.24, 2.45) is 15.9 Å². The zero-order chi connectivity index (χ0) is 18.8. The monoisotopic (exact) mass is 400 g/mol. The van der Waals surface area contributed by atoms with E-state index in [4.69, 9.17) is 0 Å². The zero-order valence-corrected chi connectivity index (χ0v) is 17.2. The summed E-state index contributed by atoms with van der Waals surface area (Å²) < 4.78 is 0. The second-order valence-electron chi connectivity index (χ2n) is 7.84. The highest BCUT2D eigenvalue weighted by molar-refractivity contribution is 6.06. The highest BCUT2D eigenvalue weighted by Gasteiger charge is 2.20. The molecule has 2 nitrogen and oxygen atoms in total. The molecule has 0 amide bonds. The molecular formula is C26H25ClN2. The van der Waals surface area contributed by atoms with Crippen molar-refractivity contribution >= 4 is 24.5 Å². The second kappa shape index (κ2) is 8.75. The predicted octanol–water partition coefficient (Wildman–Crippen LogP) is 5.95. The van der Waals surface area contributed by atoms with Gasteiger partial charge in [-0.25, -0.2) is 4.99 Å². The van der Waals surface area contributed by atoms with Crippen LogP contribution in [0.2, 0.25) is 0 Å². The smallest absolute Gasteiger partial charge is 0.154 e. The van der Waals surface area contributed by atoms with Gasteiger partial charge in [0, 0.05) is 11.8 Å². The number of aliphatic imine (C=N–C) groups is 2. The third kappa shape index (κ3) is 4.33. The summed E-state index contributed by atoms with van der Waals surface area (Å²) in [4.78, 5) is 8.78. The van der Waals surface area contributed by atoms with Gasteiger partial charge in [-0.15, -0.1) is 12.4 Å². The first-order chi connectivity index (χ1) is 13.8. The Labute approximate surface area is 178 Å². The molecule has 0 saturated heterocycles. The molecule has 0 radical (unpaired) electrons. The van der Waals surface area contributed by atoms with Crippen LogP contribution >= 0.6 is 12.4 Å². The number of fused-ring (bicyclic) bond motifs is 1. The topological polar surface area (TPSA) is 24.7 Å². The van der Waals surface area contributed by atoms with Crippen molar-refractivity contribution in [1.82, 2.24) is 0 Å². The number of hydrogen-bond donors (Lipinski definition) is 0. The van der Waals surface area contributed by atoms with E-state index in [1.807, 2.05) is 6.21 Å². The summed E-state index contributed by atoms with van der Waals surface area (Å²) in [6.45, 7) is 0.695. The Balaban J connectivity index is 0.00000205. The third-order valence-electron chi connectivity index (χ3n) is 5.92. The number of amidine groups is 1. The summed E-state index contributed by atoms with van der Waals surface area (Å²) in [5, 5.41) is 0. The molecule has 1 aliphatic heterocycles. The maximum absolute atomic E-state index is 4.43. The van der Waals surface area contributed by atoms with Crippen molar-refractivity contribution in [3.8, 4) is 11.1 Å². The Morgan fingerprint density at radius 2 is 1.48 bits per heavy atom. The van der Waals surface area contributed by atoms with E-state index in [1.165, 1.54) is 36.0 Å². The van der Waals surface area contributed by atoms with E-state index < -0.39 is 0 Å². The first-order valence-corrected chi connectivity index (χ1v) is 10.2. The fraction of sp³-hybridized carbons (Fsp3) is 0.231. The van der Waals surface area contributed by atoms with Gasteiger partial charge in [0.15, 0.2) is 5.84 Å². The van der Waals surface area contributed by atoms with Gasteiger partial charge >= 0.3 is 0 Å². The summed E-state index contributed by atoms with van der Waals surface area (Å²) in [5.41, 5.74) is 8.11. The van der Waals surface area contributed by atoms with Crippen molar-refractivity contribution in [2.75, 3.05) is 6.54 Å². The lowest BCUT2D eigenvalue weighted by molar-refractivity contribution is 0.514. The Bertz CT molecular complexity index is 1030. The van der Waals surface area contributed by atoms with Crippen LogP contribution < -0.4 is 0 Å². The molecular weight excluding hydrogens is 376 g/mol. The first-order valence-electron chi connectivity index (χ1n) is 10.2. The van der Waals surface area contributed by atoms with Crippen LogP contribution in [0.15, 0.2) is 82.8 Å². The number of benzene rings is 3. The van der Waals surface area contributed by atoms with Crippen LogP contribution in [0.3, 0.4) is 0 Å². The van der Waals surface area contributed by atoms with Crippen LogP contribution in [-0.4, -0.2) is 18.6 Å². The molecule has 0 aromatic heterocycles. The van der Waals surface area contributed by atoms with E-state index in [0.717, 1.165) is 23.7 Å². The summed E-state index contributed by atoms with van der Waals surface area (Å²) in [7, 11) is 0. The van der Waals surface area contributed by atoms with Crippen LogP contribution in [0.25, 0.3) is 11.1 Å². The maximum Gasteiger partial charge on any atom is 0.154 e. The molecule has 0 saturated carbocycles. The van der Waals surface area contributed by atoms with Gasteiger partial charge in [-0.1, -0.05) is 66.7 Å². The van der Waals surface area contributed by atoms with Gasteiger partial charge in [0.05, 0.1) is 6.54 Å². The highest BCUT2D eigenvalue weighted by Crippen LogP contribution is 2.30. The predicted molar refractivity (Wildman–Crippen MR) is 125 cm³/mol. The molecule has 3 aromatic rings.